The van der Waals surface area contributed by atoms with Crippen LogP contribution in [0.15, 0.2) is 0 Å². The maximum atomic E-state index is 10.4. The van der Waals surface area contributed by atoms with E-state index in [-0.39, 0.29) is 4.92 Å². The molecule has 6 nitrogen and oxygen atoms in total. The molecule has 0 spiro atoms. The molecule has 0 aromatic carbocycles. The van der Waals surface area contributed by atoms with Gasteiger partial charge in [-0.25, -0.2) is 0 Å². The predicted octanol–water partition coefficient (Wildman–Crippen LogP) is 1.31. The fourth-order valence-corrected chi connectivity index (χ4v) is 3.03. The summed E-state index contributed by atoms with van der Waals surface area (Å²) < 4.78 is 15.6. The van der Waals surface area contributed by atoms with Crippen molar-refractivity contribution in [2.24, 2.45) is 0 Å². The summed E-state index contributed by atoms with van der Waals surface area (Å²) in [4.78, 5) is 10.1. The van der Waals surface area contributed by atoms with Gasteiger partial charge in [0.1, 0.15) is 0 Å². The molecule has 0 aromatic rings. The van der Waals surface area contributed by atoms with E-state index in [9.17, 15) is 10.1 Å². The SMILES string of the molecule is CO[Si](CCCC(C)[N+](=O)[O-])(OC)OC. The molecule has 7 heteroatoms. The first-order valence-corrected chi connectivity index (χ1v) is 6.73. The average Bonchev–Trinajstić information content (AvgIpc) is 2.24. The van der Waals surface area contributed by atoms with Crippen LogP contribution in [0.3, 0.4) is 0 Å². The summed E-state index contributed by atoms with van der Waals surface area (Å²) in [5.74, 6) is 0. The molecule has 0 rings (SSSR count). The normalized spacial score (nSPS) is 13.9. The first-order chi connectivity index (χ1) is 7.01. The van der Waals surface area contributed by atoms with Gasteiger partial charge >= 0.3 is 8.80 Å². The van der Waals surface area contributed by atoms with Crippen molar-refractivity contribution in [2.45, 2.75) is 31.9 Å². The van der Waals surface area contributed by atoms with Crippen molar-refractivity contribution in [2.75, 3.05) is 21.3 Å². The summed E-state index contributed by atoms with van der Waals surface area (Å²) in [6.45, 7) is 1.59. The lowest BCUT2D eigenvalue weighted by Crippen LogP contribution is -2.42. The van der Waals surface area contributed by atoms with Crippen LogP contribution >= 0.6 is 0 Å². The lowest BCUT2D eigenvalue weighted by atomic mass is 10.2. The molecule has 0 amide bonds. The Morgan fingerprint density at radius 2 is 1.73 bits per heavy atom. The summed E-state index contributed by atoms with van der Waals surface area (Å²) in [5, 5.41) is 10.4. The van der Waals surface area contributed by atoms with Crippen molar-refractivity contribution < 1.29 is 18.2 Å². The highest BCUT2D eigenvalue weighted by atomic mass is 28.4. The third kappa shape index (κ3) is 4.69. The van der Waals surface area contributed by atoms with E-state index >= 15 is 0 Å². The van der Waals surface area contributed by atoms with Gasteiger partial charge in [0.15, 0.2) is 0 Å². The minimum atomic E-state index is -2.54. The van der Waals surface area contributed by atoms with Crippen molar-refractivity contribution >= 4 is 8.80 Å². The summed E-state index contributed by atoms with van der Waals surface area (Å²) >= 11 is 0. The summed E-state index contributed by atoms with van der Waals surface area (Å²) in [6.07, 6.45) is 1.18. The van der Waals surface area contributed by atoms with Crippen LogP contribution in [0, 0.1) is 10.1 Å². The van der Waals surface area contributed by atoms with Gasteiger partial charge in [-0.2, -0.15) is 0 Å². The van der Waals surface area contributed by atoms with Crippen LogP contribution in [0.2, 0.25) is 6.04 Å². The molecule has 0 radical (unpaired) electrons. The van der Waals surface area contributed by atoms with Gasteiger partial charge in [-0.1, -0.05) is 0 Å². The monoisotopic (exact) mass is 237 g/mol. The van der Waals surface area contributed by atoms with E-state index in [2.05, 4.69) is 0 Å². The molecule has 0 aromatic heterocycles. The second-order valence-corrected chi connectivity index (χ2v) is 6.41. The van der Waals surface area contributed by atoms with Crippen molar-refractivity contribution in [3.05, 3.63) is 10.1 Å². The number of hydrogen-bond donors (Lipinski definition) is 0. The summed E-state index contributed by atoms with van der Waals surface area (Å²) in [5.41, 5.74) is 0. The number of nitro groups is 1. The van der Waals surface area contributed by atoms with Gasteiger partial charge in [0.05, 0.1) is 0 Å². The Morgan fingerprint density at radius 1 is 1.27 bits per heavy atom. The van der Waals surface area contributed by atoms with Crippen LogP contribution in [0.1, 0.15) is 19.8 Å². The van der Waals surface area contributed by atoms with E-state index in [1.54, 1.807) is 6.92 Å². The Balaban J connectivity index is 3.96. The van der Waals surface area contributed by atoms with Crippen LogP contribution in [-0.4, -0.2) is 41.1 Å². The van der Waals surface area contributed by atoms with Gasteiger partial charge in [0.2, 0.25) is 6.04 Å². The van der Waals surface area contributed by atoms with E-state index in [0.717, 1.165) is 0 Å². The molecule has 90 valence electrons. The third-order valence-electron chi connectivity index (χ3n) is 2.40. The van der Waals surface area contributed by atoms with Crippen LogP contribution in [0.4, 0.5) is 0 Å². The topological polar surface area (TPSA) is 70.8 Å². The van der Waals surface area contributed by atoms with Crippen LogP contribution < -0.4 is 0 Å². The first kappa shape index (κ1) is 14.5. The summed E-state index contributed by atoms with van der Waals surface area (Å²) in [7, 11) is 2.07. The van der Waals surface area contributed by atoms with Crippen LogP contribution in [-0.2, 0) is 13.3 Å². The van der Waals surface area contributed by atoms with E-state index < -0.39 is 14.8 Å². The molecule has 0 fully saturated rings. The molecule has 0 heterocycles. The zero-order chi connectivity index (χ0) is 11.9. The second kappa shape index (κ2) is 6.89. The zero-order valence-electron chi connectivity index (χ0n) is 9.69. The lowest BCUT2D eigenvalue weighted by molar-refractivity contribution is -0.518. The summed E-state index contributed by atoms with van der Waals surface area (Å²) in [6, 6.07) is 0.0802. The van der Waals surface area contributed by atoms with Gasteiger partial charge < -0.3 is 13.3 Å². The number of hydrogen-bond acceptors (Lipinski definition) is 5. The Labute approximate surface area is 91.0 Å². The van der Waals surface area contributed by atoms with Gasteiger partial charge in [0, 0.05) is 45.6 Å². The standard InChI is InChI=1S/C8H19NO5Si/c1-8(9(10)11)6-5-7-15(12-2,13-3)14-4/h8H,5-7H2,1-4H3. The minimum absolute atomic E-state index is 0.282. The zero-order valence-corrected chi connectivity index (χ0v) is 10.7. The highest BCUT2D eigenvalue weighted by molar-refractivity contribution is 6.60. The first-order valence-electron chi connectivity index (χ1n) is 4.80. The highest BCUT2D eigenvalue weighted by Gasteiger charge is 2.37. The highest BCUT2D eigenvalue weighted by Crippen LogP contribution is 2.17. The quantitative estimate of drug-likeness (QED) is 0.361. The predicted molar refractivity (Wildman–Crippen MR) is 57.3 cm³/mol. The maximum absolute atomic E-state index is 10.4. The smallest absolute Gasteiger partial charge is 0.377 e. The molecule has 0 N–H and O–H groups in total. The Kier molecular flexibility index (Phi) is 6.65. The van der Waals surface area contributed by atoms with E-state index in [1.807, 2.05) is 0 Å². The average molecular weight is 237 g/mol. The molecular weight excluding hydrogens is 218 g/mol. The van der Waals surface area contributed by atoms with Gasteiger partial charge in [-0.05, 0) is 6.42 Å². The Hall–Kier alpha value is -0.503. The van der Waals surface area contributed by atoms with Gasteiger partial charge in [-0.15, -0.1) is 0 Å². The molecule has 0 saturated carbocycles. The van der Waals surface area contributed by atoms with Crippen molar-refractivity contribution in [1.82, 2.24) is 0 Å². The molecule has 0 aliphatic heterocycles. The molecule has 0 bridgehead atoms. The van der Waals surface area contributed by atoms with E-state index in [0.29, 0.717) is 18.9 Å². The molecule has 1 atom stereocenters. The fraction of sp³-hybridized carbons (Fsp3) is 1.00. The molecule has 15 heavy (non-hydrogen) atoms. The Morgan fingerprint density at radius 3 is 2.07 bits per heavy atom. The number of nitrogens with zero attached hydrogens (tertiary/aromatic N) is 1. The third-order valence-corrected chi connectivity index (χ3v) is 5.23. The molecule has 0 saturated heterocycles. The van der Waals surface area contributed by atoms with Crippen LogP contribution in [0.25, 0.3) is 0 Å². The Bertz CT molecular complexity index is 189. The van der Waals surface area contributed by atoms with Gasteiger partial charge in [0.25, 0.3) is 0 Å². The van der Waals surface area contributed by atoms with Crippen molar-refractivity contribution in [3.63, 3.8) is 0 Å². The van der Waals surface area contributed by atoms with Crippen LogP contribution in [0.5, 0.6) is 0 Å². The molecule has 0 aliphatic rings. The lowest BCUT2D eigenvalue weighted by Gasteiger charge is -2.24. The largest absolute Gasteiger partial charge is 0.500 e. The van der Waals surface area contributed by atoms with Crippen molar-refractivity contribution in [3.8, 4) is 0 Å². The molecule has 0 aliphatic carbocycles. The van der Waals surface area contributed by atoms with Crippen molar-refractivity contribution in [1.29, 1.82) is 0 Å². The molecule has 1 unspecified atom stereocenters. The maximum Gasteiger partial charge on any atom is 0.500 e. The second-order valence-electron chi connectivity index (χ2n) is 3.32. The van der Waals surface area contributed by atoms with E-state index in [1.165, 1.54) is 21.3 Å². The minimum Gasteiger partial charge on any atom is -0.377 e. The molecular formula is C8H19NO5Si. The number of rotatable bonds is 8. The van der Waals surface area contributed by atoms with E-state index in [4.69, 9.17) is 13.3 Å². The van der Waals surface area contributed by atoms with Gasteiger partial charge in [-0.3, -0.25) is 10.1 Å². The fourth-order valence-electron chi connectivity index (χ4n) is 1.28.